The molecule has 0 radical (unpaired) electrons. The Labute approximate surface area is 108 Å². The third-order valence-electron chi connectivity index (χ3n) is 3.63. The molecule has 0 aliphatic heterocycles. The van der Waals surface area contributed by atoms with Crippen LogP contribution in [0.3, 0.4) is 0 Å². The van der Waals surface area contributed by atoms with Gasteiger partial charge in [0.2, 0.25) is 0 Å². The van der Waals surface area contributed by atoms with Crippen LogP contribution < -0.4 is 5.56 Å². The molecule has 2 heterocycles. The van der Waals surface area contributed by atoms with Crippen molar-refractivity contribution in [1.82, 2.24) is 9.97 Å². The summed E-state index contributed by atoms with van der Waals surface area (Å²) in [4.78, 5) is 18.6. The van der Waals surface area contributed by atoms with E-state index in [1.54, 1.807) is 0 Å². The zero-order chi connectivity index (χ0) is 13.0. The molecule has 0 aliphatic rings. The first-order valence-corrected chi connectivity index (χ1v) is 6.27. The van der Waals surface area contributed by atoms with Crippen molar-refractivity contribution in [3.8, 4) is 0 Å². The molecule has 0 aliphatic carbocycles. The second-order valence-electron chi connectivity index (χ2n) is 4.92. The molecule has 0 unspecified atom stereocenters. The molecule has 2 aromatic heterocycles. The third kappa shape index (κ3) is 1.35. The lowest BCUT2D eigenvalue weighted by atomic mass is 10.1. The summed E-state index contributed by atoms with van der Waals surface area (Å²) in [6, 6.07) is 14.0. The quantitative estimate of drug-likeness (QED) is 0.492. The topological polar surface area (TPSA) is 48.6 Å². The number of aryl methyl sites for hydroxylation is 1. The van der Waals surface area contributed by atoms with Gasteiger partial charge < -0.3 is 9.97 Å². The number of aromatic amines is 2. The van der Waals surface area contributed by atoms with Gasteiger partial charge in [-0.3, -0.25) is 4.79 Å². The van der Waals surface area contributed by atoms with Gasteiger partial charge in [-0.25, -0.2) is 0 Å². The normalized spacial score (nSPS) is 11.6. The number of rotatable bonds is 0. The molecule has 0 saturated carbocycles. The van der Waals surface area contributed by atoms with E-state index in [2.05, 4.69) is 23.0 Å². The number of aromatic nitrogens is 2. The summed E-state index contributed by atoms with van der Waals surface area (Å²) in [7, 11) is 0. The van der Waals surface area contributed by atoms with E-state index >= 15 is 0 Å². The van der Waals surface area contributed by atoms with Gasteiger partial charge in [0.25, 0.3) is 5.56 Å². The summed E-state index contributed by atoms with van der Waals surface area (Å²) < 4.78 is 0. The van der Waals surface area contributed by atoms with Crippen molar-refractivity contribution in [3.05, 3.63) is 58.4 Å². The van der Waals surface area contributed by atoms with Gasteiger partial charge in [0, 0.05) is 16.3 Å². The molecule has 3 heteroatoms. The predicted molar refractivity (Wildman–Crippen MR) is 78.7 cm³/mol. The van der Waals surface area contributed by atoms with Crippen LogP contribution in [0.15, 0.2) is 47.3 Å². The van der Waals surface area contributed by atoms with Crippen molar-refractivity contribution in [2.75, 3.05) is 0 Å². The highest BCUT2D eigenvalue weighted by Crippen LogP contribution is 2.27. The van der Waals surface area contributed by atoms with Crippen molar-refractivity contribution >= 4 is 32.7 Å². The SMILES string of the molecule is Cc1ccc2[nH]c(=O)c3c4ccccc4[nH]c3c2c1. The molecular formula is C16H12N2O. The lowest BCUT2D eigenvalue weighted by Crippen LogP contribution is -2.05. The number of para-hydroxylation sites is 1. The summed E-state index contributed by atoms with van der Waals surface area (Å²) in [5.74, 6) is 0. The van der Waals surface area contributed by atoms with Crippen molar-refractivity contribution < 1.29 is 0 Å². The number of benzene rings is 2. The standard InChI is InChI=1S/C16H12N2O/c1-9-6-7-13-11(8-9)15-14(16(19)18-13)10-4-2-3-5-12(10)17-15/h2-8,17H,1H3,(H,18,19). The van der Waals surface area contributed by atoms with Crippen LogP contribution in [0.4, 0.5) is 0 Å². The Bertz CT molecular complexity index is 992. The van der Waals surface area contributed by atoms with Gasteiger partial charge in [-0.2, -0.15) is 0 Å². The molecule has 4 aromatic rings. The van der Waals surface area contributed by atoms with Crippen molar-refractivity contribution in [1.29, 1.82) is 0 Å². The monoisotopic (exact) mass is 248 g/mol. The van der Waals surface area contributed by atoms with Crippen molar-refractivity contribution in [3.63, 3.8) is 0 Å². The summed E-state index contributed by atoms with van der Waals surface area (Å²) >= 11 is 0. The molecule has 0 fully saturated rings. The van der Waals surface area contributed by atoms with E-state index < -0.39 is 0 Å². The zero-order valence-electron chi connectivity index (χ0n) is 10.4. The third-order valence-corrected chi connectivity index (χ3v) is 3.63. The highest BCUT2D eigenvalue weighted by atomic mass is 16.1. The molecule has 0 amide bonds. The molecule has 2 N–H and O–H groups in total. The summed E-state index contributed by atoms with van der Waals surface area (Å²) in [6.07, 6.45) is 0. The van der Waals surface area contributed by atoms with Gasteiger partial charge in [0.05, 0.1) is 16.4 Å². The summed E-state index contributed by atoms with van der Waals surface area (Å²) in [5, 5.41) is 2.78. The van der Waals surface area contributed by atoms with Gasteiger partial charge in [-0.05, 0) is 25.1 Å². The second kappa shape index (κ2) is 3.48. The Hall–Kier alpha value is -2.55. The van der Waals surface area contributed by atoms with Crippen LogP contribution in [0.5, 0.6) is 0 Å². The average Bonchev–Trinajstić information content (AvgIpc) is 2.80. The number of nitrogens with one attached hydrogen (secondary N) is 2. The Morgan fingerprint density at radius 1 is 0.895 bits per heavy atom. The first-order chi connectivity index (χ1) is 9.24. The number of hydrogen-bond acceptors (Lipinski definition) is 1. The van der Waals surface area contributed by atoms with Crippen LogP contribution in [-0.4, -0.2) is 9.97 Å². The van der Waals surface area contributed by atoms with E-state index in [0.717, 1.165) is 32.7 Å². The second-order valence-corrected chi connectivity index (χ2v) is 4.92. The number of hydrogen-bond donors (Lipinski definition) is 2. The highest BCUT2D eigenvalue weighted by molar-refractivity contribution is 6.15. The Morgan fingerprint density at radius 2 is 1.68 bits per heavy atom. The maximum absolute atomic E-state index is 12.3. The van der Waals surface area contributed by atoms with Crippen molar-refractivity contribution in [2.24, 2.45) is 0 Å². The van der Waals surface area contributed by atoms with Crippen LogP contribution in [0, 0.1) is 6.92 Å². The Morgan fingerprint density at radius 3 is 2.58 bits per heavy atom. The van der Waals surface area contributed by atoms with Gasteiger partial charge in [-0.1, -0.05) is 29.8 Å². The van der Waals surface area contributed by atoms with Gasteiger partial charge in [0.1, 0.15) is 0 Å². The largest absolute Gasteiger partial charge is 0.354 e. The zero-order valence-corrected chi connectivity index (χ0v) is 10.4. The average molecular weight is 248 g/mol. The summed E-state index contributed by atoms with van der Waals surface area (Å²) in [6.45, 7) is 2.05. The summed E-state index contributed by atoms with van der Waals surface area (Å²) in [5.41, 5.74) is 3.93. The van der Waals surface area contributed by atoms with Gasteiger partial charge in [0.15, 0.2) is 0 Å². The fourth-order valence-corrected chi connectivity index (χ4v) is 2.74. The fraction of sp³-hybridized carbons (Fsp3) is 0.0625. The molecule has 0 atom stereocenters. The minimum Gasteiger partial charge on any atom is -0.354 e. The fourth-order valence-electron chi connectivity index (χ4n) is 2.74. The maximum Gasteiger partial charge on any atom is 0.258 e. The molecule has 2 aromatic carbocycles. The molecule has 92 valence electrons. The van der Waals surface area contributed by atoms with E-state index in [4.69, 9.17) is 0 Å². The molecule has 19 heavy (non-hydrogen) atoms. The minimum atomic E-state index is -0.0381. The van der Waals surface area contributed by atoms with E-state index in [-0.39, 0.29) is 5.56 Å². The first kappa shape index (κ1) is 10.4. The van der Waals surface area contributed by atoms with Crippen LogP contribution in [-0.2, 0) is 0 Å². The lowest BCUT2D eigenvalue weighted by Gasteiger charge is -2.01. The Balaban J connectivity index is 2.39. The molecular weight excluding hydrogens is 236 g/mol. The molecule has 0 bridgehead atoms. The van der Waals surface area contributed by atoms with Crippen LogP contribution in [0.25, 0.3) is 32.7 Å². The lowest BCUT2D eigenvalue weighted by molar-refractivity contribution is 1.34. The van der Waals surface area contributed by atoms with Gasteiger partial charge in [-0.15, -0.1) is 0 Å². The smallest absolute Gasteiger partial charge is 0.258 e. The molecule has 3 nitrogen and oxygen atoms in total. The molecule has 0 spiro atoms. The number of pyridine rings is 1. The molecule has 0 saturated heterocycles. The predicted octanol–water partition coefficient (Wildman–Crippen LogP) is 3.47. The van der Waals surface area contributed by atoms with E-state index in [1.807, 2.05) is 36.4 Å². The van der Waals surface area contributed by atoms with Crippen molar-refractivity contribution in [2.45, 2.75) is 6.92 Å². The van der Waals surface area contributed by atoms with Gasteiger partial charge >= 0.3 is 0 Å². The van der Waals surface area contributed by atoms with Crippen LogP contribution in [0.2, 0.25) is 0 Å². The van der Waals surface area contributed by atoms with E-state index in [9.17, 15) is 4.79 Å². The first-order valence-electron chi connectivity index (χ1n) is 6.27. The number of fused-ring (bicyclic) bond motifs is 5. The van der Waals surface area contributed by atoms with Crippen LogP contribution in [0.1, 0.15) is 5.56 Å². The Kier molecular flexibility index (Phi) is 1.90. The minimum absolute atomic E-state index is 0.0381. The molecule has 4 rings (SSSR count). The number of H-pyrrole nitrogens is 2. The maximum atomic E-state index is 12.3. The van der Waals surface area contributed by atoms with Crippen LogP contribution >= 0.6 is 0 Å². The van der Waals surface area contributed by atoms with E-state index in [1.165, 1.54) is 5.56 Å². The highest BCUT2D eigenvalue weighted by Gasteiger charge is 2.11. The van der Waals surface area contributed by atoms with E-state index in [0.29, 0.717) is 0 Å².